The first kappa shape index (κ1) is 19.5. The first-order valence-electron chi connectivity index (χ1n) is 9.94. The second-order valence-electron chi connectivity index (χ2n) is 7.79. The van der Waals surface area contributed by atoms with Crippen molar-refractivity contribution in [3.8, 4) is 0 Å². The lowest BCUT2D eigenvalue weighted by Gasteiger charge is -2.37. The maximum atomic E-state index is 12.9. The van der Waals surface area contributed by atoms with Gasteiger partial charge in [0, 0.05) is 28.3 Å². The van der Waals surface area contributed by atoms with E-state index in [0.29, 0.717) is 43.0 Å². The molecule has 3 atom stereocenters. The maximum Gasteiger partial charge on any atom is 0.243 e. The molecule has 1 fully saturated rings. The number of benzene rings is 2. The smallest absolute Gasteiger partial charge is 0.243 e. The SMILES string of the molecule is O=S(=O)(c1ccc(C2Nc3ccc(I)cc3C3C=CCC32)cc1)N1CCOCC1. The maximum absolute atomic E-state index is 12.9. The van der Waals surface area contributed by atoms with Gasteiger partial charge in [-0.2, -0.15) is 4.31 Å². The summed E-state index contributed by atoms with van der Waals surface area (Å²) in [5.74, 6) is 0.852. The topological polar surface area (TPSA) is 58.6 Å². The van der Waals surface area contributed by atoms with Crippen molar-refractivity contribution in [3.05, 3.63) is 69.3 Å². The lowest BCUT2D eigenvalue weighted by atomic mass is 9.77. The van der Waals surface area contributed by atoms with Crippen LogP contribution in [0.3, 0.4) is 0 Å². The van der Waals surface area contributed by atoms with Crippen LogP contribution in [0.5, 0.6) is 0 Å². The van der Waals surface area contributed by atoms with Crippen LogP contribution in [0, 0.1) is 9.49 Å². The highest BCUT2D eigenvalue weighted by molar-refractivity contribution is 14.1. The van der Waals surface area contributed by atoms with Crippen LogP contribution in [0.1, 0.15) is 29.5 Å². The van der Waals surface area contributed by atoms with Crippen molar-refractivity contribution in [2.45, 2.75) is 23.3 Å². The number of hydrogen-bond acceptors (Lipinski definition) is 4. The third-order valence-corrected chi connectivity index (χ3v) is 8.76. The lowest BCUT2D eigenvalue weighted by Crippen LogP contribution is -2.40. The Balaban J connectivity index is 1.44. The van der Waals surface area contributed by atoms with Crippen molar-refractivity contribution in [3.63, 3.8) is 0 Å². The van der Waals surface area contributed by atoms with Gasteiger partial charge in [0.15, 0.2) is 0 Å². The Morgan fingerprint density at radius 3 is 2.59 bits per heavy atom. The first-order chi connectivity index (χ1) is 14.0. The van der Waals surface area contributed by atoms with Crippen molar-refractivity contribution >= 4 is 38.3 Å². The number of rotatable bonds is 3. The van der Waals surface area contributed by atoms with Gasteiger partial charge in [-0.3, -0.25) is 0 Å². The van der Waals surface area contributed by atoms with E-state index >= 15 is 0 Å². The van der Waals surface area contributed by atoms with Gasteiger partial charge in [0.25, 0.3) is 0 Å². The zero-order chi connectivity index (χ0) is 20.0. The van der Waals surface area contributed by atoms with E-state index in [1.54, 1.807) is 12.1 Å². The van der Waals surface area contributed by atoms with Crippen molar-refractivity contribution in [2.75, 3.05) is 31.6 Å². The van der Waals surface area contributed by atoms with E-state index in [-0.39, 0.29) is 6.04 Å². The second kappa shape index (κ2) is 7.68. The molecule has 2 aromatic rings. The lowest BCUT2D eigenvalue weighted by molar-refractivity contribution is 0.0730. The van der Waals surface area contributed by atoms with Crippen molar-refractivity contribution in [1.29, 1.82) is 0 Å². The van der Waals surface area contributed by atoms with Crippen LogP contribution in [-0.2, 0) is 14.8 Å². The second-order valence-corrected chi connectivity index (χ2v) is 11.0. The molecule has 1 N–H and O–H groups in total. The number of halogens is 1. The van der Waals surface area contributed by atoms with E-state index in [9.17, 15) is 8.42 Å². The van der Waals surface area contributed by atoms with Gasteiger partial charge in [-0.05, 0) is 76.4 Å². The summed E-state index contributed by atoms with van der Waals surface area (Å²) in [7, 11) is -3.46. The molecule has 2 aliphatic heterocycles. The Labute approximate surface area is 185 Å². The molecule has 0 bridgehead atoms. The molecule has 0 aromatic heterocycles. The van der Waals surface area contributed by atoms with Crippen molar-refractivity contribution in [2.24, 2.45) is 5.92 Å². The summed E-state index contributed by atoms with van der Waals surface area (Å²) in [5.41, 5.74) is 3.67. The number of anilines is 1. The minimum absolute atomic E-state index is 0.169. The fourth-order valence-corrected chi connectivity index (χ4v) is 6.60. The number of sulfonamides is 1. The van der Waals surface area contributed by atoms with E-state index < -0.39 is 10.0 Å². The molecule has 0 radical (unpaired) electrons. The number of allylic oxidation sites excluding steroid dienone is 2. The van der Waals surface area contributed by atoms with Crippen LogP contribution in [0.4, 0.5) is 5.69 Å². The van der Waals surface area contributed by atoms with Crippen LogP contribution in [0.2, 0.25) is 0 Å². The summed E-state index contributed by atoms with van der Waals surface area (Å²) < 4.78 is 33.8. The standard InChI is InChI=1S/C22H23IN2O3S/c23-16-6-9-21-20(14-16)18-2-1-3-19(18)22(24-21)15-4-7-17(8-5-15)29(26,27)25-10-12-28-13-11-25/h1-2,4-9,14,18-19,22,24H,3,10-13H2. The highest BCUT2D eigenvalue weighted by Gasteiger charge is 2.38. The highest BCUT2D eigenvalue weighted by Crippen LogP contribution is 2.50. The van der Waals surface area contributed by atoms with Gasteiger partial charge in [0.2, 0.25) is 10.0 Å². The summed E-state index contributed by atoms with van der Waals surface area (Å²) in [6, 6.07) is 14.2. The third kappa shape index (κ3) is 3.52. The molecule has 5 rings (SSSR count). The quantitative estimate of drug-likeness (QED) is 0.487. The minimum atomic E-state index is -3.46. The minimum Gasteiger partial charge on any atom is -0.379 e. The van der Waals surface area contributed by atoms with Crippen molar-refractivity contribution < 1.29 is 13.2 Å². The molecule has 0 spiro atoms. The molecular formula is C22H23IN2O3S. The van der Waals surface area contributed by atoms with Gasteiger partial charge in [0.1, 0.15) is 0 Å². The molecule has 152 valence electrons. The van der Waals surface area contributed by atoms with Crippen LogP contribution in [0.25, 0.3) is 0 Å². The number of nitrogens with zero attached hydrogens (tertiary/aromatic N) is 1. The molecule has 2 heterocycles. The van der Waals surface area contributed by atoms with E-state index in [1.165, 1.54) is 19.1 Å². The Hall–Kier alpha value is -1.42. The molecule has 2 aromatic carbocycles. The van der Waals surface area contributed by atoms with Gasteiger partial charge in [0.05, 0.1) is 24.2 Å². The van der Waals surface area contributed by atoms with E-state index in [2.05, 4.69) is 58.3 Å². The van der Waals surface area contributed by atoms with Crippen LogP contribution in [-0.4, -0.2) is 39.0 Å². The van der Waals surface area contributed by atoms with E-state index in [0.717, 1.165) is 12.0 Å². The number of nitrogens with one attached hydrogen (secondary N) is 1. The fourth-order valence-electron chi connectivity index (χ4n) is 4.68. The summed E-state index contributed by atoms with van der Waals surface area (Å²) in [5, 5.41) is 3.71. The Kier molecular flexibility index (Phi) is 5.18. The average Bonchev–Trinajstić information content (AvgIpc) is 3.24. The zero-order valence-corrected chi connectivity index (χ0v) is 18.9. The largest absolute Gasteiger partial charge is 0.379 e. The summed E-state index contributed by atoms with van der Waals surface area (Å²) in [6.45, 7) is 1.74. The Morgan fingerprint density at radius 1 is 1.07 bits per heavy atom. The number of hydrogen-bond donors (Lipinski definition) is 1. The molecular weight excluding hydrogens is 499 g/mol. The van der Waals surface area contributed by atoms with E-state index in [1.807, 2.05) is 12.1 Å². The molecule has 3 unspecified atom stereocenters. The van der Waals surface area contributed by atoms with Crippen LogP contribution in [0.15, 0.2) is 59.5 Å². The van der Waals surface area contributed by atoms with Gasteiger partial charge < -0.3 is 10.1 Å². The summed E-state index contributed by atoms with van der Waals surface area (Å²) in [4.78, 5) is 0.356. The summed E-state index contributed by atoms with van der Waals surface area (Å²) in [6.07, 6.45) is 5.63. The first-order valence-corrected chi connectivity index (χ1v) is 12.5. The van der Waals surface area contributed by atoms with Gasteiger partial charge >= 0.3 is 0 Å². The highest BCUT2D eigenvalue weighted by atomic mass is 127. The average molecular weight is 522 g/mol. The molecule has 0 amide bonds. The number of fused-ring (bicyclic) bond motifs is 3. The van der Waals surface area contributed by atoms with Gasteiger partial charge in [-0.1, -0.05) is 24.3 Å². The number of ether oxygens (including phenoxy) is 1. The van der Waals surface area contributed by atoms with Crippen LogP contribution >= 0.6 is 22.6 Å². The predicted molar refractivity (Wildman–Crippen MR) is 122 cm³/mol. The molecule has 0 saturated carbocycles. The predicted octanol–water partition coefficient (Wildman–Crippen LogP) is 4.14. The molecule has 3 aliphatic rings. The molecule has 1 aliphatic carbocycles. The molecule has 7 heteroatoms. The van der Waals surface area contributed by atoms with Gasteiger partial charge in [-0.25, -0.2) is 8.42 Å². The fraction of sp³-hybridized carbons (Fsp3) is 0.364. The third-order valence-electron chi connectivity index (χ3n) is 6.17. The Bertz CT molecular complexity index is 1050. The molecule has 5 nitrogen and oxygen atoms in total. The monoisotopic (exact) mass is 522 g/mol. The van der Waals surface area contributed by atoms with Gasteiger partial charge in [-0.15, -0.1) is 0 Å². The summed E-state index contributed by atoms with van der Waals surface area (Å²) >= 11 is 2.37. The number of morpholine rings is 1. The van der Waals surface area contributed by atoms with E-state index in [4.69, 9.17) is 4.74 Å². The Morgan fingerprint density at radius 2 is 1.83 bits per heavy atom. The molecule has 1 saturated heterocycles. The normalized spacial score (nSPS) is 26.6. The zero-order valence-electron chi connectivity index (χ0n) is 15.9. The van der Waals surface area contributed by atoms with Crippen molar-refractivity contribution in [1.82, 2.24) is 4.31 Å². The molecule has 29 heavy (non-hydrogen) atoms. The van der Waals surface area contributed by atoms with Crippen LogP contribution < -0.4 is 5.32 Å².